The fraction of sp³-hybridized carbons (Fsp3) is 0.462. The van der Waals surface area contributed by atoms with E-state index < -0.39 is 16.8 Å². The van der Waals surface area contributed by atoms with Crippen molar-refractivity contribution in [3.63, 3.8) is 0 Å². The molecule has 35 heavy (non-hydrogen) atoms. The van der Waals surface area contributed by atoms with E-state index in [2.05, 4.69) is 0 Å². The average Bonchev–Trinajstić information content (AvgIpc) is 2.83. The number of carboxylic acid groups (broad SMARTS) is 1. The second-order valence-electron chi connectivity index (χ2n) is 8.03. The summed E-state index contributed by atoms with van der Waals surface area (Å²) < 4.78 is 18.0. The molecular formula is C26H35Cl2NO5S. The number of hydrogen-bond donors (Lipinski definition) is 1. The number of carbonyl (C=O) groups excluding carboxylic acids is 1. The summed E-state index contributed by atoms with van der Waals surface area (Å²) in [5.74, 6) is -0.351. The first-order chi connectivity index (χ1) is 16.6. The minimum atomic E-state index is -0.942. The molecule has 0 saturated carbocycles. The molecule has 4 atom stereocenters. The van der Waals surface area contributed by atoms with E-state index in [0.717, 1.165) is 30.4 Å². The number of halogens is 2. The molecule has 2 aromatic carbocycles. The van der Waals surface area contributed by atoms with Gasteiger partial charge in [-0.05, 0) is 42.7 Å². The predicted molar refractivity (Wildman–Crippen MR) is 143 cm³/mol. The molecular weight excluding hydrogens is 509 g/mol. The summed E-state index contributed by atoms with van der Waals surface area (Å²) in [4.78, 5) is 23.4. The van der Waals surface area contributed by atoms with Crippen LogP contribution in [0.3, 0.4) is 0 Å². The van der Waals surface area contributed by atoms with Crippen molar-refractivity contribution in [3.8, 4) is 0 Å². The second kappa shape index (κ2) is 16.7. The highest BCUT2D eigenvalue weighted by atomic mass is 35.5. The van der Waals surface area contributed by atoms with E-state index in [-0.39, 0.29) is 29.8 Å². The molecule has 2 aromatic rings. The van der Waals surface area contributed by atoms with Crippen LogP contribution >= 0.6 is 23.2 Å². The third-order valence-corrected chi connectivity index (χ3v) is 7.81. The zero-order valence-corrected chi connectivity index (χ0v) is 23.0. The molecule has 3 rings (SSSR count). The van der Waals surface area contributed by atoms with Gasteiger partial charge in [0.05, 0.1) is 12.6 Å². The molecule has 0 spiro atoms. The van der Waals surface area contributed by atoms with Crippen molar-refractivity contribution in [3.05, 3.63) is 70.2 Å². The van der Waals surface area contributed by atoms with Gasteiger partial charge in [0.15, 0.2) is 0 Å². The first kappa shape index (κ1) is 31.1. The maximum atomic E-state index is 12.5. The summed E-state index contributed by atoms with van der Waals surface area (Å²) in [6.45, 7) is 7.72. The highest BCUT2D eigenvalue weighted by Crippen LogP contribution is 2.29. The van der Waals surface area contributed by atoms with Gasteiger partial charge in [0.2, 0.25) is 5.91 Å². The van der Waals surface area contributed by atoms with Crippen molar-refractivity contribution >= 4 is 45.9 Å². The van der Waals surface area contributed by atoms with Gasteiger partial charge >= 0.3 is 0 Å². The number of morpholine rings is 1. The number of ether oxygens (including phenoxy) is 1. The molecule has 6 nitrogen and oxygen atoms in total. The number of rotatable bonds is 7. The first-order valence-corrected chi connectivity index (χ1v) is 13.7. The quantitative estimate of drug-likeness (QED) is 0.463. The maximum absolute atomic E-state index is 12.5. The minimum Gasteiger partial charge on any atom is -0.481 e. The molecule has 1 aliphatic rings. The number of carbonyl (C=O) groups is 2. The summed E-state index contributed by atoms with van der Waals surface area (Å²) in [6.07, 6.45) is 1.65. The van der Waals surface area contributed by atoms with Crippen LogP contribution in [0.4, 0.5) is 0 Å². The van der Waals surface area contributed by atoms with E-state index in [1.165, 1.54) is 0 Å². The van der Waals surface area contributed by atoms with E-state index in [1.807, 2.05) is 80.3 Å². The summed E-state index contributed by atoms with van der Waals surface area (Å²) >= 11 is 11.5. The standard InChI is InChI=1S/C18H26ClNO3S.C6H5Cl.C2H4O2/c1-4-13(3)24(22)12-16(5-2)20-17(10-23-11-18(20)21)14-6-8-15(19)9-7-14;7-6-4-2-1-3-5-6;1-2(3)4/h6-9,13,16-17H,4-5,10-12H2,1-3H3;1-5H;1H3,(H,3,4). The van der Waals surface area contributed by atoms with Crippen molar-refractivity contribution in [1.82, 2.24) is 4.90 Å². The van der Waals surface area contributed by atoms with Crippen molar-refractivity contribution < 1.29 is 23.6 Å². The maximum Gasteiger partial charge on any atom is 0.300 e. The van der Waals surface area contributed by atoms with Gasteiger partial charge in [-0.25, -0.2) is 0 Å². The Hall–Kier alpha value is -1.93. The number of carboxylic acids is 1. The van der Waals surface area contributed by atoms with Crippen molar-refractivity contribution in [1.29, 1.82) is 0 Å². The van der Waals surface area contributed by atoms with E-state index in [1.54, 1.807) is 0 Å². The van der Waals surface area contributed by atoms with Gasteiger partial charge in [-0.3, -0.25) is 13.8 Å². The van der Waals surface area contributed by atoms with Gasteiger partial charge in [0.1, 0.15) is 6.61 Å². The van der Waals surface area contributed by atoms with Crippen LogP contribution in [0.1, 0.15) is 52.1 Å². The summed E-state index contributed by atoms with van der Waals surface area (Å²) in [7, 11) is -0.942. The number of aliphatic carboxylic acids is 1. The van der Waals surface area contributed by atoms with Crippen LogP contribution in [0.5, 0.6) is 0 Å². The van der Waals surface area contributed by atoms with Crippen LogP contribution in [-0.2, 0) is 25.1 Å². The van der Waals surface area contributed by atoms with Gasteiger partial charge in [-0.15, -0.1) is 0 Å². The third kappa shape index (κ3) is 11.6. The van der Waals surface area contributed by atoms with Gasteiger partial charge in [-0.2, -0.15) is 0 Å². The Morgan fingerprint density at radius 2 is 1.63 bits per heavy atom. The van der Waals surface area contributed by atoms with Crippen LogP contribution in [-0.4, -0.2) is 56.4 Å². The van der Waals surface area contributed by atoms with E-state index in [4.69, 9.17) is 37.8 Å². The lowest BCUT2D eigenvalue weighted by Gasteiger charge is -2.41. The summed E-state index contributed by atoms with van der Waals surface area (Å²) in [5, 5.41) is 9.02. The zero-order chi connectivity index (χ0) is 26.4. The number of amides is 1. The topological polar surface area (TPSA) is 83.9 Å². The van der Waals surface area contributed by atoms with Crippen LogP contribution in [0.25, 0.3) is 0 Å². The summed E-state index contributed by atoms with van der Waals surface area (Å²) in [6, 6.07) is 16.8. The Bertz CT molecular complexity index is 923. The van der Waals surface area contributed by atoms with Crippen LogP contribution in [0.2, 0.25) is 10.0 Å². The Morgan fingerprint density at radius 3 is 2.09 bits per heavy atom. The number of nitrogens with zero attached hydrogens (tertiary/aromatic N) is 1. The van der Waals surface area contributed by atoms with E-state index in [9.17, 15) is 9.00 Å². The first-order valence-electron chi connectivity index (χ1n) is 11.5. The van der Waals surface area contributed by atoms with Crippen LogP contribution < -0.4 is 0 Å². The molecule has 0 aliphatic carbocycles. The van der Waals surface area contributed by atoms with Crippen LogP contribution in [0, 0.1) is 0 Å². The molecule has 0 aromatic heterocycles. The minimum absolute atomic E-state index is 0.0331. The normalized spacial score (nSPS) is 17.7. The van der Waals surface area contributed by atoms with Crippen molar-refractivity contribution in [2.45, 2.75) is 57.9 Å². The molecule has 1 heterocycles. The molecule has 4 unspecified atom stereocenters. The second-order valence-corrected chi connectivity index (χ2v) is 10.8. The number of hydrogen-bond acceptors (Lipinski definition) is 4. The average molecular weight is 545 g/mol. The van der Waals surface area contributed by atoms with Crippen molar-refractivity contribution in [2.24, 2.45) is 0 Å². The van der Waals surface area contributed by atoms with E-state index >= 15 is 0 Å². The van der Waals surface area contributed by atoms with Gasteiger partial charge in [0, 0.05) is 44.8 Å². The lowest BCUT2D eigenvalue weighted by molar-refractivity contribution is -0.151. The number of benzene rings is 2. The lowest BCUT2D eigenvalue weighted by Crippen LogP contribution is -2.51. The Morgan fingerprint density at radius 1 is 1.09 bits per heavy atom. The summed E-state index contributed by atoms with van der Waals surface area (Å²) in [5.41, 5.74) is 1.00. The van der Waals surface area contributed by atoms with E-state index in [0.29, 0.717) is 17.4 Å². The Labute approximate surface area is 221 Å². The monoisotopic (exact) mass is 543 g/mol. The van der Waals surface area contributed by atoms with Crippen LogP contribution in [0.15, 0.2) is 54.6 Å². The molecule has 1 N–H and O–H groups in total. The zero-order valence-electron chi connectivity index (χ0n) is 20.7. The third-order valence-electron chi connectivity index (χ3n) is 5.36. The largest absolute Gasteiger partial charge is 0.481 e. The smallest absolute Gasteiger partial charge is 0.300 e. The predicted octanol–water partition coefficient (Wildman–Crippen LogP) is 6.00. The van der Waals surface area contributed by atoms with Gasteiger partial charge in [-0.1, -0.05) is 74.3 Å². The molecule has 1 fully saturated rings. The van der Waals surface area contributed by atoms with Gasteiger partial charge < -0.3 is 14.7 Å². The molecule has 1 amide bonds. The van der Waals surface area contributed by atoms with Crippen molar-refractivity contribution in [2.75, 3.05) is 19.0 Å². The molecule has 1 aliphatic heterocycles. The highest BCUT2D eigenvalue weighted by molar-refractivity contribution is 7.85. The Kier molecular flexibility index (Phi) is 14.8. The molecule has 9 heteroatoms. The SMILES string of the molecule is CC(=O)O.CCC(CS(=O)C(C)CC)N1C(=O)COCC1c1ccc(Cl)cc1.Clc1ccccc1. The Balaban J connectivity index is 0.000000458. The molecule has 194 valence electrons. The molecule has 0 bridgehead atoms. The fourth-order valence-corrected chi connectivity index (χ4v) is 5.08. The highest BCUT2D eigenvalue weighted by Gasteiger charge is 2.35. The lowest BCUT2D eigenvalue weighted by atomic mass is 10.0. The van der Waals surface area contributed by atoms with Gasteiger partial charge in [0.25, 0.3) is 5.97 Å². The molecule has 1 saturated heterocycles. The molecule has 0 radical (unpaired) electrons. The fourth-order valence-electron chi connectivity index (χ4n) is 3.34.